The van der Waals surface area contributed by atoms with Gasteiger partial charge < -0.3 is 20.1 Å². The van der Waals surface area contributed by atoms with Gasteiger partial charge in [0.2, 0.25) is 5.91 Å². The molecule has 1 spiro atoms. The molecule has 5 rings (SSSR count). The lowest BCUT2D eigenvalue weighted by atomic mass is 9.89. The van der Waals surface area contributed by atoms with E-state index in [4.69, 9.17) is 26.8 Å². The van der Waals surface area contributed by atoms with E-state index in [0.29, 0.717) is 17.3 Å². The van der Waals surface area contributed by atoms with Crippen LogP contribution in [0.3, 0.4) is 0 Å². The average Bonchev–Trinajstić information content (AvgIpc) is 3.40. The molecule has 1 aromatic heterocycles. The molecule has 34 heavy (non-hydrogen) atoms. The van der Waals surface area contributed by atoms with Crippen molar-refractivity contribution in [2.75, 3.05) is 31.2 Å². The lowest BCUT2D eigenvalue weighted by Gasteiger charge is -2.35. The number of anilines is 2. The molecular formula is C23H21ClFN5O4. The topological polar surface area (TPSA) is 112 Å². The van der Waals surface area contributed by atoms with Crippen molar-refractivity contribution >= 4 is 35.1 Å². The largest absolute Gasteiger partial charge is 0.496 e. The first kappa shape index (κ1) is 22.0. The highest BCUT2D eigenvalue weighted by Gasteiger charge is 2.50. The molecule has 2 amide bonds. The molecule has 3 heterocycles. The van der Waals surface area contributed by atoms with Crippen molar-refractivity contribution in [3.05, 3.63) is 58.9 Å². The number of amides is 2. The lowest BCUT2D eigenvalue weighted by molar-refractivity contribution is -0.132. The van der Waals surface area contributed by atoms with Crippen LogP contribution in [0.15, 0.2) is 42.5 Å². The van der Waals surface area contributed by atoms with E-state index in [-0.39, 0.29) is 48.2 Å². The molecule has 3 N–H and O–H groups in total. The number of likely N-dealkylation sites (tertiary alicyclic amines) is 1. The van der Waals surface area contributed by atoms with Crippen LogP contribution >= 0.6 is 11.6 Å². The zero-order valence-electron chi connectivity index (χ0n) is 18.2. The van der Waals surface area contributed by atoms with Crippen LogP contribution in [-0.2, 0) is 21.7 Å². The summed E-state index contributed by atoms with van der Waals surface area (Å²) in [6.45, 7) is 0.121. The Balaban J connectivity index is 1.38. The Kier molecular flexibility index (Phi) is 5.32. The lowest BCUT2D eigenvalue weighted by Crippen LogP contribution is -2.44. The molecule has 9 nitrogen and oxygen atoms in total. The first-order valence-corrected chi connectivity index (χ1v) is 10.9. The van der Waals surface area contributed by atoms with Gasteiger partial charge in [0.15, 0.2) is 11.4 Å². The smallest absolute Gasteiger partial charge is 0.412 e. The fraction of sp³-hybridized carbons (Fsp3) is 0.261. The number of carbonyl (C=O) groups is 2. The van der Waals surface area contributed by atoms with Crippen molar-refractivity contribution in [1.82, 2.24) is 14.7 Å². The number of methoxy groups -OCH3 is 1. The summed E-state index contributed by atoms with van der Waals surface area (Å²) in [4.78, 5) is 26.8. The number of hydrogen-bond acceptors (Lipinski definition) is 6. The third kappa shape index (κ3) is 3.60. The van der Waals surface area contributed by atoms with Gasteiger partial charge in [-0.15, -0.1) is 0 Å². The fourth-order valence-corrected chi connectivity index (χ4v) is 4.68. The van der Waals surface area contributed by atoms with Crippen LogP contribution < -0.4 is 15.8 Å². The Bertz CT molecular complexity index is 1310. The van der Waals surface area contributed by atoms with Gasteiger partial charge in [-0.05, 0) is 24.3 Å². The highest BCUT2D eigenvalue weighted by molar-refractivity contribution is 6.31. The number of halogens is 2. The van der Waals surface area contributed by atoms with Crippen LogP contribution in [-0.4, -0.2) is 46.9 Å². The standard InChI is InChI=1S/C23H21ClFN5O4/c1-33-17-5-3-2-4-13(17)16-10-18(26)30(28-16)11-19(31)29-9-8-23(12-29)20-15(27-22(32)34-23)7-6-14(24)21(20)25/h2-7,10H,8-9,11-12,26H2,1H3,(H,27,32)/t23-/m0/s1. The summed E-state index contributed by atoms with van der Waals surface area (Å²) in [5.74, 6) is -0.0327. The molecule has 11 heteroatoms. The number of ether oxygens (including phenoxy) is 2. The van der Waals surface area contributed by atoms with E-state index in [2.05, 4.69) is 10.4 Å². The first-order valence-electron chi connectivity index (χ1n) is 10.5. The molecule has 1 saturated heterocycles. The Morgan fingerprint density at radius 3 is 2.94 bits per heavy atom. The molecule has 0 bridgehead atoms. The van der Waals surface area contributed by atoms with Gasteiger partial charge in [-0.1, -0.05) is 23.7 Å². The zero-order chi connectivity index (χ0) is 24.0. The Morgan fingerprint density at radius 2 is 2.15 bits per heavy atom. The van der Waals surface area contributed by atoms with E-state index < -0.39 is 17.5 Å². The summed E-state index contributed by atoms with van der Waals surface area (Å²) in [7, 11) is 1.56. The number of nitrogens with two attached hydrogens (primary N) is 1. The van der Waals surface area contributed by atoms with Gasteiger partial charge >= 0.3 is 6.09 Å². The van der Waals surface area contributed by atoms with Crippen LogP contribution in [0, 0.1) is 5.82 Å². The number of nitrogens with one attached hydrogen (secondary N) is 1. The molecule has 2 aliphatic rings. The van der Waals surface area contributed by atoms with Gasteiger partial charge in [0.1, 0.15) is 18.1 Å². The summed E-state index contributed by atoms with van der Waals surface area (Å²) < 4.78 is 27.3. The van der Waals surface area contributed by atoms with E-state index in [1.54, 1.807) is 13.2 Å². The summed E-state index contributed by atoms with van der Waals surface area (Å²) >= 11 is 5.98. The van der Waals surface area contributed by atoms with E-state index in [1.807, 2.05) is 24.3 Å². The maximum Gasteiger partial charge on any atom is 0.412 e. The summed E-state index contributed by atoms with van der Waals surface area (Å²) in [5, 5.41) is 6.88. The molecule has 0 aliphatic carbocycles. The highest BCUT2D eigenvalue weighted by Crippen LogP contribution is 2.45. The fourth-order valence-electron chi connectivity index (χ4n) is 4.52. The molecule has 2 aliphatic heterocycles. The average molecular weight is 486 g/mol. The van der Waals surface area contributed by atoms with Crippen molar-refractivity contribution < 1.29 is 23.5 Å². The number of fused-ring (bicyclic) bond motifs is 2. The van der Waals surface area contributed by atoms with Crippen molar-refractivity contribution in [2.45, 2.75) is 18.6 Å². The molecule has 0 radical (unpaired) electrons. The minimum Gasteiger partial charge on any atom is -0.496 e. The molecule has 1 fully saturated rings. The SMILES string of the molecule is COc1ccccc1-c1cc(N)n(CC(=O)N2CC[C@@]3(C2)OC(=O)Nc2ccc(Cl)c(F)c23)n1. The summed E-state index contributed by atoms with van der Waals surface area (Å²) in [5.41, 5.74) is 6.54. The van der Waals surface area contributed by atoms with Gasteiger partial charge in [0.25, 0.3) is 0 Å². The molecule has 0 unspecified atom stereocenters. The van der Waals surface area contributed by atoms with Gasteiger partial charge in [-0.2, -0.15) is 5.10 Å². The van der Waals surface area contributed by atoms with E-state index in [0.717, 1.165) is 5.56 Å². The Labute approximate surface area is 199 Å². The molecule has 3 aromatic rings. The molecular weight excluding hydrogens is 465 g/mol. The Morgan fingerprint density at radius 1 is 1.35 bits per heavy atom. The van der Waals surface area contributed by atoms with Crippen molar-refractivity contribution in [3.8, 4) is 17.0 Å². The van der Waals surface area contributed by atoms with Crippen molar-refractivity contribution in [3.63, 3.8) is 0 Å². The highest BCUT2D eigenvalue weighted by atomic mass is 35.5. The van der Waals surface area contributed by atoms with E-state index in [9.17, 15) is 14.0 Å². The number of benzene rings is 2. The second-order valence-electron chi connectivity index (χ2n) is 8.17. The van der Waals surface area contributed by atoms with Gasteiger partial charge in [-0.3, -0.25) is 10.1 Å². The number of carbonyl (C=O) groups excluding carboxylic acids is 2. The second-order valence-corrected chi connectivity index (χ2v) is 8.58. The predicted octanol–water partition coefficient (Wildman–Crippen LogP) is 3.62. The van der Waals surface area contributed by atoms with Crippen LogP contribution in [0.4, 0.5) is 20.7 Å². The number of aromatic nitrogens is 2. The van der Waals surface area contributed by atoms with Crippen LogP contribution in [0.2, 0.25) is 5.02 Å². The number of rotatable bonds is 4. The maximum atomic E-state index is 15.0. The molecule has 176 valence electrons. The predicted molar refractivity (Wildman–Crippen MR) is 123 cm³/mol. The number of hydrogen-bond donors (Lipinski definition) is 2. The zero-order valence-corrected chi connectivity index (χ0v) is 18.9. The molecule has 2 aromatic carbocycles. The first-order chi connectivity index (χ1) is 16.3. The van der Waals surface area contributed by atoms with Crippen LogP contribution in [0.1, 0.15) is 12.0 Å². The molecule has 1 atom stereocenters. The number of para-hydroxylation sites is 1. The van der Waals surface area contributed by atoms with Crippen molar-refractivity contribution in [1.29, 1.82) is 0 Å². The van der Waals surface area contributed by atoms with Crippen LogP contribution in [0.5, 0.6) is 5.75 Å². The van der Waals surface area contributed by atoms with Crippen molar-refractivity contribution in [2.24, 2.45) is 0 Å². The summed E-state index contributed by atoms with van der Waals surface area (Å²) in [6.07, 6.45) is -0.474. The quantitative estimate of drug-likeness (QED) is 0.583. The third-order valence-electron chi connectivity index (χ3n) is 6.14. The normalized spacial score (nSPS) is 19.0. The summed E-state index contributed by atoms with van der Waals surface area (Å²) in [6, 6.07) is 11.9. The van der Waals surface area contributed by atoms with Crippen LogP contribution in [0.25, 0.3) is 11.3 Å². The minimum atomic E-state index is -1.32. The van der Waals surface area contributed by atoms with Gasteiger partial charge in [0, 0.05) is 24.6 Å². The third-order valence-corrected chi connectivity index (χ3v) is 6.43. The van der Waals surface area contributed by atoms with Gasteiger partial charge in [0.05, 0.1) is 35.6 Å². The monoisotopic (exact) mass is 485 g/mol. The van der Waals surface area contributed by atoms with E-state index >= 15 is 0 Å². The van der Waals surface area contributed by atoms with Gasteiger partial charge in [-0.25, -0.2) is 13.9 Å². The Hall–Kier alpha value is -3.79. The van der Waals surface area contributed by atoms with E-state index in [1.165, 1.54) is 21.7 Å². The maximum absolute atomic E-state index is 15.0. The minimum absolute atomic E-state index is 0.00987. The number of nitrogens with zero attached hydrogens (tertiary/aromatic N) is 3. The number of nitrogen functional groups attached to an aromatic ring is 1. The molecule has 0 saturated carbocycles. The second kappa shape index (κ2) is 8.21.